The number of imide groups is 1. The lowest BCUT2D eigenvalue weighted by Crippen LogP contribution is -2.35. The van der Waals surface area contributed by atoms with Crippen LogP contribution in [-0.2, 0) is 20.9 Å². The van der Waals surface area contributed by atoms with E-state index in [0.29, 0.717) is 21.6 Å². The molecule has 7 nitrogen and oxygen atoms in total. The van der Waals surface area contributed by atoms with E-state index in [0.717, 1.165) is 48.2 Å². The van der Waals surface area contributed by atoms with Crippen LogP contribution in [0.4, 0.5) is 0 Å². The lowest BCUT2D eigenvalue weighted by molar-refractivity contribution is -0.138. The molecule has 162 valence electrons. The van der Waals surface area contributed by atoms with Crippen molar-refractivity contribution in [2.24, 2.45) is 0 Å². The average Bonchev–Trinajstić information content (AvgIpc) is 3.31. The van der Waals surface area contributed by atoms with E-state index in [1.54, 1.807) is 24.3 Å². The van der Waals surface area contributed by atoms with E-state index in [4.69, 9.17) is 16.3 Å². The van der Waals surface area contributed by atoms with Gasteiger partial charge in [0.15, 0.2) is 5.16 Å². The molecule has 9 heteroatoms. The Morgan fingerprint density at radius 3 is 2.52 bits per heavy atom. The van der Waals surface area contributed by atoms with Crippen LogP contribution in [0.15, 0.2) is 46.1 Å². The van der Waals surface area contributed by atoms with Gasteiger partial charge in [-0.15, -0.1) is 0 Å². The van der Waals surface area contributed by atoms with Gasteiger partial charge in [0.25, 0.3) is 11.8 Å². The molecule has 3 heterocycles. The van der Waals surface area contributed by atoms with Crippen molar-refractivity contribution in [2.75, 3.05) is 13.2 Å². The highest BCUT2D eigenvalue weighted by Crippen LogP contribution is 2.34. The molecule has 1 aromatic carbocycles. The summed E-state index contributed by atoms with van der Waals surface area (Å²) in [5.74, 6) is -0.715. The Balaban J connectivity index is 1.60. The number of benzene rings is 1. The van der Waals surface area contributed by atoms with Gasteiger partial charge in [-0.2, -0.15) is 0 Å². The fourth-order valence-electron chi connectivity index (χ4n) is 3.57. The van der Waals surface area contributed by atoms with Gasteiger partial charge in [-0.3, -0.25) is 14.5 Å². The molecule has 2 aromatic rings. The van der Waals surface area contributed by atoms with Crippen LogP contribution in [0.3, 0.4) is 0 Å². The molecule has 2 aliphatic heterocycles. The van der Waals surface area contributed by atoms with Crippen molar-refractivity contribution in [2.45, 2.75) is 44.5 Å². The summed E-state index contributed by atoms with van der Waals surface area (Å²) in [4.78, 5) is 36.8. The van der Waals surface area contributed by atoms with Crippen molar-refractivity contribution in [1.29, 1.82) is 0 Å². The number of thioether (sulfide) groups is 1. The molecule has 1 atom stereocenters. The predicted molar refractivity (Wildman–Crippen MR) is 118 cm³/mol. The first-order valence-corrected chi connectivity index (χ1v) is 11.3. The maximum Gasteiger partial charge on any atom is 0.278 e. The fourth-order valence-corrected chi connectivity index (χ4v) is 4.72. The van der Waals surface area contributed by atoms with Crippen LogP contribution in [0.1, 0.15) is 29.8 Å². The number of halogens is 1. The highest BCUT2D eigenvalue weighted by atomic mass is 35.5. The zero-order chi connectivity index (χ0) is 22.0. The van der Waals surface area contributed by atoms with Crippen LogP contribution in [0, 0.1) is 13.8 Å². The standard InChI is InChI=1S/C22H23ClN4O3S/c1-13-10-14(2)26-22(25-13)31-19-18(24-11-17-4-3-9-30-17)20(28)27(21(19)29)12-15-5-7-16(23)8-6-15/h5-8,10,17,24H,3-4,9,11-12H2,1-2H3. The van der Waals surface area contributed by atoms with Crippen LogP contribution in [0.2, 0.25) is 5.02 Å². The van der Waals surface area contributed by atoms with E-state index in [-0.39, 0.29) is 30.2 Å². The van der Waals surface area contributed by atoms with Crippen molar-refractivity contribution in [3.8, 4) is 0 Å². The van der Waals surface area contributed by atoms with Gasteiger partial charge in [-0.05, 0) is 62.2 Å². The normalized spacial score (nSPS) is 18.9. The number of nitrogens with zero attached hydrogens (tertiary/aromatic N) is 3. The van der Waals surface area contributed by atoms with E-state index >= 15 is 0 Å². The monoisotopic (exact) mass is 458 g/mol. The third-order valence-corrected chi connectivity index (χ3v) is 6.27. The summed E-state index contributed by atoms with van der Waals surface area (Å²) in [7, 11) is 0. The Bertz CT molecular complexity index is 1020. The zero-order valence-corrected chi connectivity index (χ0v) is 18.9. The molecule has 2 amide bonds. The number of carbonyl (C=O) groups excluding carboxylic acids is 2. The summed E-state index contributed by atoms with van der Waals surface area (Å²) in [5, 5.41) is 4.22. The molecule has 1 unspecified atom stereocenters. The molecule has 0 bridgehead atoms. The highest BCUT2D eigenvalue weighted by molar-refractivity contribution is 8.04. The maximum absolute atomic E-state index is 13.2. The first-order valence-electron chi connectivity index (χ1n) is 10.1. The number of amides is 2. The Labute approximate surface area is 190 Å². The highest BCUT2D eigenvalue weighted by Gasteiger charge is 2.39. The van der Waals surface area contributed by atoms with Gasteiger partial charge >= 0.3 is 0 Å². The molecule has 1 saturated heterocycles. The number of aryl methyl sites for hydroxylation is 2. The maximum atomic E-state index is 13.2. The Morgan fingerprint density at radius 2 is 1.87 bits per heavy atom. The van der Waals surface area contributed by atoms with Crippen molar-refractivity contribution in [3.63, 3.8) is 0 Å². The molecule has 0 spiro atoms. The molecular formula is C22H23ClN4O3S. The molecule has 31 heavy (non-hydrogen) atoms. The fraction of sp³-hybridized carbons (Fsp3) is 0.364. The number of carbonyl (C=O) groups is 2. The van der Waals surface area contributed by atoms with Crippen LogP contribution in [0.5, 0.6) is 0 Å². The van der Waals surface area contributed by atoms with Gasteiger partial charge in [0.05, 0.1) is 12.6 Å². The molecule has 1 N–H and O–H groups in total. The zero-order valence-electron chi connectivity index (χ0n) is 17.4. The van der Waals surface area contributed by atoms with Crippen LogP contribution >= 0.6 is 23.4 Å². The summed E-state index contributed by atoms with van der Waals surface area (Å²) in [6.45, 7) is 5.11. The average molecular weight is 459 g/mol. The first-order chi connectivity index (χ1) is 14.9. The van der Waals surface area contributed by atoms with E-state index in [2.05, 4.69) is 15.3 Å². The molecule has 1 aromatic heterocycles. The van der Waals surface area contributed by atoms with E-state index in [9.17, 15) is 9.59 Å². The Kier molecular flexibility index (Phi) is 6.60. The quantitative estimate of drug-likeness (QED) is 0.502. The van der Waals surface area contributed by atoms with Crippen molar-refractivity contribution < 1.29 is 14.3 Å². The Hall–Kier alpha value is -2.42. The predicted octanol–water partition coefficient (Wildman–Crippen LogP) is 3.39. The topological polar surface area (TPSA) is 84.4 Å². The summed E-state index contributed by atoms with van der Waals surface area (Å²) in [6.07, 6.45) is 1.96. The molecule has 0 saturated carbocycles. The smallest absolute Gasteiger partial charge is 0.278 e. The van der Waals surface area contributed by atoms with E-state index < -0.39 is 0 Å². The summed E-state index contributed by atoms with van der Waals surface area (Å²) in [6, 6.07) is 8.96. The van der Waals surface area contributed by atoms with Crippen LogP contribution in [0.25, 0.3) is 0 Å². The van der Waals surface area contributed by atoms with Gasteiger partial charge in [0.2, 0.25) is 0 Å². The third-order valence-electron chi connectivity index (χ3n) is 5.07. The number of hydrogen-bond acceptors (Lipinski definition) is 7. The van der Waals surface area contributed by atoms with Gasteiger partial charge in [-0.1, -0.05) is 23.7 Å². The molecule has 1 fully saturated rings. The van der Waals surface area contributed by atoms with Gasteiger partial charge in [0, 0.05) is 29.6 Å². The Morgan fingerprint density at radius 1 is 1.16 bits per heavy atom. The van der Waals surface area contributed by atoms with Gasteiger partial charge < -0.3 is 10.1 Å². The molecule has 0 radical (unpaired) electrons. The number of aromatic nitrogens is 2. The van der Waals surface area contributed by atoms with Crippen LogP contribution in [-0.4, -0.2) is 45.9 Å². The number of hydrogen-bond donors (Lipinski definition) is 1. The SMILES string of the molecule is Cc1cc(C)nc(SC2=C(NCC3CCCO3)C(=O)N(Cc3ccc(Cl)cc3)C2=O)n1. The van der Waals surface area contributed by atoms with E-state index in [1.165, 1.54) is 4.90 Å². The second-order valence-electron chi connectivity index (χ2n) is 7.58. The van der Waals surface area contributed by atoms with Crippen LogP contribution < -0.4 is 5.32 Å². The summed E-state index contributed by atoms with van der Waals surface area (Å²) in [5.41, 5.74) is 2.71. The second kappa shape index (κ2) is 9.38. The first kappa shape index (κ1) is 21.8. The van der Waals surface area contributed by atoms with E-state index in [1.807, 2.05) is 19.9 Å². The summed E-state index contributed by atoms with van der Waals surface area (Å²) >= 11 is 7.08. The minimum absolute atomic E-state index is 0.0319. The minimum Gasteiger partial charge on any atom is -0.377 e. The lowest BCUT2D eigenvalue weighted by atomic mass is 10.2. The summed E-state index contributed by atoms with van der Waals surface area (Å²) < 4.78 is 5.65. The second-order valence-corrected chi connectivity index (χ2v) is 8.99. The van der Waals surface area contributed by atoms with Gasteiger partial charge in [0.1, 0.15) is 10.6 Å². The molecule has 4 rings (SSSR count). The lowest BCUT2D eigenvalue weighted by Gasteiger charge is -2.16. The van der Waals surface area contributed by atoms with Crippen molar-refractivity contribution in [3.05, 3.63) is 62.9 Å². The molecule has 0 aliphatic carbocycles. The number of rotatable bonds is 7. The molecular weight excluding hydrogens is 436 g/mol. The minimum atomic E-state index is -0.359. The number of ether oxygens (including phenoxy) is 1. The third kappa shape index (κ3) is 5.08. The van der Waals surface area contributed by atoms with Crippen molar-refractivity contribution in [1.82, 2.24) is 20.2 Å². The molecule has 2 aliphatic rings. The largest absolute Gasteiger partial charge is 0.377 e. The van der Waals surface area contributed by atoms with Gasteiger partial charge in [-0.25, -0.2) is 9.97 Å². The number of nitrogens with one attached hydrogen (secondary N) is 1. The van der Waals surface area contributed by atoms with Crippen molar-refractivity contribution >= 4 is 35.2 Å².